The number of thiophene rings is 1. The molecule has 0 aromatic carbocycles. The molecule has 122 valence electrons. The number of hydrogen-bond donors (Lipinski definition) is 0. The minimum atomic E-state index is -5.27. The summed E-state index contributed by atoms with van der Waals surface area (Å²) in [6.07, 6.45) is -10.5. The van der Waals surface area contributed by atoms with Crippen molar-refractivity contribution in [3.05, 3.63) is 25.5 Å². The Morgan fingerprint density at radius 2 is 1.59 bits per heavy atom. The van der Waals surface area contributed by atoms with Crippen molar-refractivity contribution in [2.24, 2.45) is 7.05 Å². The van der Waals surface area contributed by atoms with E-state index >= 15 is 0 Å². The van der Waals surface area contributed by atoms with Crippen LogP contribution in [0.3, 0.4) is 0 Å². The Morgan fingerprint density at radius 1 is 1.05 bits per heavy atom. The van der Waals surface area contributed by atoms with Gasteiger partial charge in [0, 0.05) is 11.9 Å². The van der Waals surface area contributed by atoms with Gasteiger partial charge in [-0.25, -0.2) is 0 Å². The molecule has 2 aromatic heterocycles. The second-order valence-electron chi connectivity index (χ2n) is 4.31. The second-order valence-corrected chi connectivity index (χ2v) is 6.52. The third-order valence-electron chi connectivity index (χ3n) is 2.80. The molecule has 0 atom stereocenters. The lowest BCUT2D eigenvalue weighted by Gasteiger charge is -2.13. The van der Waals surface area contributed by atoms with Crippen molar-refractivity contribution >= 4 is 34.5 Å². The quantitative estimate of drug-likeness (QED) is 0.569. The highest BCUT2D eigenvalue weighted by Crippen LogP contribution is 2.50. The molecule has 0 amide bonds. The third kappa shape index (κ3) is 2.81. The van der Waals surface area contributed by atoms with Crippen molar-refractivity contribution in [1.82, 2.24) is 9.78 Å². The summed E-state index contributed by atoms with van der Waals surface area (Å²) in [5.41, 5.74) is -5.07. The first-order chi connectivity index (χ1) is 9.85. The first-order valence-corrected chi connectivity index (χ1v) is 7.09. The summed E-state index contributed by atoms with van der Waals surface area (Å²) in [6.45, 7) is 1.49. The van der Waals surface area contributed by atoms with Gasteiger partial charge in [-0.2, -0.15) is 31.4 Å². The maximum atomic E-state index is 13.2. The van der Waals surface area contributed by atoms with Crippen LogP contribution in [-0.2, 0) is 19.4 Å². The minimum absolute atomic E-state index is 0.137. The molecule has 2 rings (SSSR count). The largest absolute Gasteiger partial charge is 0.433 e. The predicted octanol–water partition coefficient (Wildman–Crippen LogP) is 5.80. The molecule has 22 heavy (non-hydrogen) atoms. The number of halogens is 8. The summed E-state index contributed by atoms with van der Waals surface area (Å²) in [5, 5.41) is 3.22. The molecule has 0 saturated heterocycles. The zero-order chi connectivity index (χ0) is 17.0. The Labute approximate surface area is 134 Å². The summed E-state index contributed by atoms with van der Waals surface area (Å²) in [7, 11) is 0.780. The highest BCUT2D eigenvalue weighted by Gasteiger charge is 2.49. The van der Waals surface area contributed by atoms with E-state index in [9.17, 15) is 26.3 Å². The fourth-order valence-electron chi connectivity index (χ4n) is 1.98. The van der Waals surface area contributed by atoms with E-state index in [1.165, 1.54) is 6.92 Å². The second kappa shape index (κ2) is 5.31. The molecule has 0 saturated carbocycles. The molecule has 0 fully saturated rings. The lowest BCUT2D eigenvalue weighted by Crippen LogP contribution is -2.18. The van der Waals surface area contributed by atoms with Gasteiger partial charge in [-0.15, -0.1) is 11.3 Å². The van der Waals surface area contributed by atoms with Crippen molar-refractivity contribution in [1.29, 1.82) is 0 Å². The zero-order valence-corrected chi connectivity index (χ0v) is 13.2. The highest BCUT2D eigenvalue weighted by atomic mass is 35.5. The van der Waals surface area contributed by atoms with Gasteiger partial charge in [-0.1, -0.05) is 23.2 Å². The Bertz CT molecular complexity index is 728. The zero-order valence-electron chi connectivity index (χ0n) is 10.8. The summed E-state index contributed by atoms with van der Waals surface area (Å²) < 4.78 is 78.4. The molecule has 0 radical (unpaired) electrons. The molecule has 11 heteroatoms. The van der Waals surface area contributed by atoms with E-state index in [-0.39, 0.29) is 19.6 Å². The van der Waals surface area contributed by atoms with Gasteiger partial charge >= 0.3 is 12.4 Å². The van der Waals surface area contributed by atoms with Crippen molar-refractivity contribution in [3.8, 4) is 11.3 Å². The maximum Gasteiger partial charge on any atom is 0.433 e. The molecule has 0 spiro atoms. The van der Waals surface area contributed by atoms with Gasteiger partial charge in [0.1, 0.15) is 15.6 Å². The Hall–Kier alpha value is -0.930. The van der Waals surface area contributed by atoms with Crippen LogP contribution in [-0.4, -0.2) is 9.78 Å². The van der Waals surface area contributed by atoms with Crippen molar-refractivity contribution in [3.63, 3.8) is 0 Å². The molecule has 0 N–H and O–H groups in total. The van der Waals surface area contributed by atoms with E-state index < -0.39 is 29.3 Å². The van der Waals surface area contributed by atoms with Crippen LogP contribution < -0.4 is 0 Å². The van der Waals surface area contributed by atoms with Gasteiger partial charge in [0.2, 0.25) is 0 Å². The topological polar surface area (TPSA) is 17.8 Å². The normalized spacial score (nSPS) is 13.0. The molecule has 0 unspecified atom stereocenters. The molecular formula is C11H6Cl2F6N2S. The molecule has 0 aliphatic carbocycles. The first kappa shape index (κ1) is 17.4. The average molecular weight is 383 g/mol. The van der Waals surface area contributed by atoms with Crippen LogP contribution in [0.25, 0.3) is 11.3 Å². The van der Waals surface area contributed by atoms with Gasteiger partial charge in [0.25, 0.3) is 0 Å². The molecule has 0 aliphatic rings. The van der Waals surface area contributed by atoms with Crippen LogP contribution >= 0.6 is 34.5 Å². The molecule has 2 nitrogen and oxygen atoms in total. The van der Waals surface area contributed by atoms with E-state index in [0.29, 0.717) is 4.88 Å². The standard InChI is InChI=1S/C11H6Cl2F6N2S/c1-3-6(12)4(9(13)22-3)7-5(10(14,15)16)8(11(17,18)19)21(2)20-7/h1-2H3. The summed E-state index contributed by atoms with van der Waals surface area (Å²) in [4.78, 5) is 0.383. The maximum absolute atomic E-state index is 13.2. The van der Waals surface area contributed by atoms with E-state index in [1.807, 2.05) is 0 Å². The lowest BCUT2D eigenvalue weighted by molar-refractivity contribution is -0.165. The fraction of sp³-hybridized carbons (Fsp3) is 0.364. The van der Waals surface area contributed by atoms with Crippen molar-refractivity contribution < 1.29 is 26.3 Å². The van der Waals surface area contributed by atoms with Gasteiger partial charge in [-0.05, 0) is 6.92 Å². The Balaban J connectivity index is 2.89. The highest BCUT2D eigenvalue weighted by molar-refractivity contribution is 7.17. The number of rotatable bonds is 1. The SMILES string of the molecule is Cc1sc(Cl)c(-c2nn(C)c(C(F)(F)F)c2C(F)(F)F)c1Cl. The van der Waals surface area contributed by atoms with Crippen molar-refractivity contribution in [2.45, 2.75) is 19.3 Å². The monoisotopic (exact) mass is 382 g/mol. The van der Waals surface area contributed by atoms with E-state index in [2.05, 4.69) is 5.10 Å². The van der Waals surface area contributed by atoms with E-state index in [1.54, 1.807) is 0 Å². The smallest absolute Gasteiger partial charge is 0.262 e. The third-order valence-corrected chi connectivity index (χ3v) is 4.70. The Kier molecular flexibility index (Phi) is 4.21. The fourth-order valence-corrected chi connectivity index (χ4v) is 3.68. The summed E-state index contributed by atoms with van der Waals surface area (Å²) in [5.74, 6) is 0. The number of aromatic nitrogens is 2. The van der Waals surface area contributed by atoms with Crippen LogP contribution in [0.1, 0.15) is 16.1 Å². The molecular weight excluding hydrogens is 377 g/mol. The number of aryl methyl sites for hydroxylation is 2. The van der Waals surface area contributed by atoms with Crippen molar-refractivity contribution in [2.75, 3.05) is 0 Å². The van der Waals surface area contributed by atoms with Crippen LogP contribution in [0.5, 0.6) is 0 Å². The van der Waals surface area contributed by atoms with Crippen LogP contribution in [0.4, 0.5) is 26.3 Å². The van der Waals surface area contributed by atoms with Crippen LogP contribution in [0.2, 0.25) is 9.36 Å². The average Bonchev–Trinajstić information content (AvgIpc) is 2.76. The molecule has 2 aromatic rings. The van der Waals surface area contributed by atoms with E-state index in [4.69, 9.17) is 23.2 Å². The summed E-state index contributed by atoms with van der Waals surface area (Å²) >= 11 is 12.6. The van der Waals surface area contributed by atoms with Crippen LogP contribution in [0, 0.1) is 6.92 Å². The van der Waals surface area contributed by atoms with Gasteiger partial charge in [0.05, 0.1) is 10.6 Å². The summed E-state index contributed by atoms with van der Waals surface area (Å²) in [6, 6.07) is 0. The predicted molar refractivity (Wildman–Crippen MR) is 71.3 cm³/mol. The van der Waals surface area contributed by atoms with Gasteiger partial charge < -0.3 is 0 Å². The number of hydrogen-bond acceptors (Lipinski definition) is 2. The van der Waals surface area contributed by atoms with E-state index in [0.717, 1.165) is 18.4 Å². The molecule has 0 bridgehead atoms. The van der Waals surface area contributed by atoms with Gasteiger partial charge in [-0.3, -0.25) is 4.68 Å². The Morgan fingerprint density at radius 3 is 1.95 bits per heavy atom. The first-order valence-electron chi connectivity index (χ1n) is 5.51. The molecule has 0 aliphatic heterocycles. The van der Waals surface area contributed by atoms with Gasteiger partial charge in [0.15, 0.2) is 5.69 Å². The lowest BCUT2D eigenvalue weighted by atomic mass is 10.1. The number of nitrogens with zero attached hydrogens (tertiary/aromatic N) is 2. The molecule has 2 heterocycles. The number of alkyl halides is 6. The van der Waals surface area contributed by atoms with Crippen LogP contribution in [0.15, 0.2) is 0 Å². The minimum Gasteiger partial charge on any atom is -0.262 e.